The van der Waals surface area contributed by atoms with Crippen LogP contribution in [0.5, 0.6) is 11.6 Å². The number of carbonyl (C=O) groups is 1. The molecule has 0 unspecified atom stereocenters. The van der Waals surface area contributed by atoms with Gasteiger partial charge in [-0.05, 0) is 35.9 Å². The Balaban J connectivity index is 2.08. The maximum Gasteiger partial charge on any atom is 0.338 e. The number of nitrogens with zero attached hydrogens (tertiary/aromatic N) is 3. The normalized spacial score (nSPS) is 10.3. The maximum atomic E-state index is 11.5. The van der Waals surface area contributed by atoms with Crippen molar-refractivity contribution in [2.75, 3.05) is 7.11 Å². The van der Waals surface area contributed by atoms with Gasteiger partial charge in [-0.1, -0.05) is 0 Å². The predicted octanol–water partition coefficient (Wildman–Crippen LogP) is 1.27. The molecule has 0 atom stereocenters. The van der Waals surface area contributed by atoms with Gasteiger partial charge in [-0.2, -0.15) is 5.10 Å². The summed E-state index contributed by atoms with van der Waals surface area (Å²) in [6.07, 6.45) is 2.97. The number of hydrogen-bond acceptors (Lipinski definition) is 6. The van der Waals surface area contributed by atoms with Crippen LogP contribution in [0.3, 0.4) is 0 Å². The lowest BCUT2D eigenvalue weighted by molar-refractivity contribution is 0.0600. The zero-order chi connectivity index (χ0) is 16.7. The van der Waals surface area contributed by atoms with Gasteiger partial charge in [0.25, 0.3) is 0 Å². The first-order chi connectivity index (χ1) is 11.1. The fraction of sp³-hybridized carbons (Fsp3) is 0.0667. The molecule has 0 saturated heterocycles. The third-order valence-corrected chi connectivity index (χ3v) is 2.64. The van der Waals surface area contributed by atoms with Gasteiger partial charge in [0, 0.05) is 12.3 Å². The molecule has 0 aliphatic carbocycles. The van der Waals surface area contributed by atoms with Gasteiger partial charge in [-0.3, -0.25) is 0 Å². The van der Waals surface area contributed by atoms with Crippen LogP contribution in [0.4, 0.5) is 0 Å². The van der Waals surface area contributed by atoms with E-state index in [0.717, 1.165) is 5.56 Å². The fourth-order valence-electron chi connectivity index (χ4n) is 1.61. The molecule has 0 aliphatic heterocycles. The average Bonchev–Trinajstić information content (AvgIpc) is 2.55. The van der Waals surface area contributed by atoms with Gasteiger partial charge in [0.05, 0.1) is 18.9 Å². The first kappa shape index (κ1) is 16.0. The van der Waals surface area contributed by atoms with Crippen LogP contribution >= 0.6 is 0 Å². The number of ether oxygens (including phenoxy) is 2. The summed E-state index contributed by atoms with van der Waals surface area (Å²) in [4.78, 5) is 15.5. The summed E-state index contributed by atoms with van der Waals surface area (Å²) in [5, 5.41) is 7.20. The summed E-state index contributed by atoms with van der Waals surface area (Å²) in [7, 11) is 1.31. The summed E-state index contributed by atoms with van der Waals surface area (Å²) in [6, 6.07) is 10.0. The summed E-state index contributed by atoms with van der Waals surface area (Å²) < 4.78 is 10.2. The van der Waals surface area contributed by atoms with Crippen LogP contribution in [0, 0.1) is 0 Å². The lowest BCUT2D eigenvalue weighted by Gasteiger charge is -2.06. The van der Waals surface area contributed by atoms with Gasteiger partial charge < -0.3 is 20.9 Å². The number of aromatic nitrogens is 1. The number of methoxy groups -OCH3 is 1. The Hall–Kier alpha value is -3.42. The number of rotatable bonds is 5. The van der Waals surface area contributed by atoms with Gasteiger partial charge in [0.1, 0.15) is 5.75 Å². The number of guanidine groups is 1. The Morgan fingerprint density at radius 1 is 1.22 bits per heavy atom. The first-order valence-corrected chi connectivity index (χ1v) is 6.53. The number of nitrogens with two attached hydrogens (primary N) is 2. The highest BCUT2D eigenvalue weighted by Gasteiger charge is 2.07. The van der Waals surface area contributed by atoms with E-state index in [0.29, 0.717) is 11.3 Å². The molecule has 23 heavy (non-hydrogen) atoms. The van der Waals surface area contributed by atoms with Crippen molar-refractivity contribution in [2.24, 2.45) is 21.7 Å². The highest BCUT2D eigenvalue weighted by atomic mass is 16.5. The van der Waals surface area contributed by atoms with Crippen molar-refractivity contribution in [2.45, 2.75) is 0 Å². The number of benzene rings is 1. The summed E-state index contributed by atoms with van der Waals surface area (Å²) in [5.74, 6) is 0.273. The number of hydrogen-bond donors (Lipinski definition) is 2. The van der Waals surface area contributed by atoms with Crippen molar-refractivity contribution in [3.05, 3.63) is 53.7 Å². The second-order valence-corrected chi connectivity index (χ2v) is 4.31. The second-order valence-electron chi connectivity index (χ2n) is 4.31. The summed E-state index contributed by atoms with van der Waals surface area (Å²) in [6.45, 7) is 0. The molecule has 0 aliphatic rings. The zero-order valence-corrected chi connectivity index (χ0v) is 12.3. The molecule has 0 amide bonds. The van der Waals surface area contributed by atoms with E-state index in [4.69, 9.17) is 16.2 Å². The average molecular weight is 313 g/mol. The monoisotopic (exact) mass is 313 g/mol. The molecular weight excluding hydrogens is 298 g/mol. The number of carbonyl (C=O) groups excluding carboxylic acids is 1. The molecule has 1 heterocycles. The fourth-order valence-corrected chi connectivity index (χ4v) is 1.61. The Kier molecular flexibility index (Phi) is 5.24. The van der Waals surface area contributed by atoms with Crippen molar-refractivity contribution < 1.29 is 14.3 Å². The molecule has 0 spiro atoms. The lowest BCUT2D eigenvalue weighted by Crippen LogP contribution is -2.21. The molecule has 4 N–H and O–H groups in total. The summed E-state index contributed by atoms with van der Waals surface area (Å²) >= 11 is 0. The molecule has 2 rings (SSSR count). The van der Waals surface area contributed by atoms with E-state index >= 15 is 0 Å². The smallest absolute Gasteiger partial charge is 0.338 e. The molecule has 8 nitrogen and oxygen atoms in total. The van der Waals surface area contributed by atoms with E-state index in [1.165, 1.54) is 25.6 Å². The van der Waals surface area contributed by atoms with Crippen molar-refractivity contribution in [3.63, 3.8) is 0 Å². The van der Waals surface area contributed by atoms with Crippen LogP contribution in [0.1, 0.15) is 15.9 Å². The van der Waals surface area contributed by atoms with Crippen molar-refractivity contribution in [3.8, 4) is 11.6 Å². The molecule has 0 radical (unpaired) electrons. The third-order valence-electron chi connectivity index (χ3n) is 2.64. The van der Waals surface area contributed by atoms with Crippen molar-refractivity contribution in [1.82, 2.24) is 4.98 Å². The van der Waals surface area contributed by atoms with Crippen molar-refractivity contribution >= 4 is 18.1 Å². The Morgan fingerprint density at radius 3 is 2.61 bits per heavy atom. The Labute approximate surface area is 132 Å². The number of pyridine rings is 1. The molecule has 1 aromatic carbocycles. The number of esters is 1. The van der Waals surface area contributed by atoms with E-state index in [9.17, 15) is 4.79 Å². The molecule has 2 aromatic rings. The van der Waals surface area contributed by atoms with Crippen LogP contribution in [0.25, 0.3) is 0 Å². The van der Waals surface area contributed by atoms with E-state index in [1.54, 1.807) is 30.3 Å². The molecule has 8 heteroatoms. The van der Waals surface area contributed by atoms with Gasteiger partial charge >= 0.3 is 5.97 Å². The van der Waals surface area contributed by atoms with Gasteiger partial charge in [0.2, 0.25) is 11.8 Å². The van der Waals surface area contributed by atoms with E-state index < -0.39 is 5.97 Å². The third kappa shape index (κ3) is 4.81. The SMILES string of the molecule is COC(=O)c1ccnc(Oc2ccc(C=NN=C(N)N)cc2)c1. The minimum Gasteiger partial charge on any atom is -0.465 e. The maximum absolute atomic E-state index is 11.5. The standard InChI is InChI=1S/C15H15N5O3/c1-22-14(21)11-6-7-18-13(8-11)23-12-4-2-10(3-5-12)9-19-20-15(16)17/h2-9H,1H3,(H4,16,17,20). The van der Waals surface area contributed by atoms with Gasteiger partial charge in [-0.25, -0.2) is 9.78 Å². The molecular formula is C15H15N5O3. The molecule has 0 saturated carbocycles. The molecule has 118 valence electrons. The Morgan fingerprint density at radius 2 is 1.96 bits per heavy atom. The second kappa shape index (κ2) is 7.55. The van der Waals surface area contributed by atoms with E-state index in [1.807, 2.05) is 0 Å². The van der Waals surface area contributed by atoms with Crippen LogP contribution in [0.2, 0.25) is 0 Å². The topological polar surface area (TPSA) is 125 Å². The van der Waals surface area contributed by atoms with Crippen LogP contribution in [-0.2, 0) is 4.74 Å². The highest BCUT2D eigenvalue weighted by Crippen LogP contribution is 2.20. The zero-order valence-electron chi connectivity index (χ0n) is 12.3. The lowest BCUT2D eigenvalue weighted by atomic mass is 10.2. The molecule has 1 aromatic heterocycles. The Bertz CT molecular complexity index is 737. The van der Waals surface area contributed by atoms with Gasteiger partial charge in [0.15, 0.2) is 0 Å². The van der Waals surface area contributed by atoms with Gasteiger partial charge in [-0.15, -0.1) is 5.10 Å². The molecule has 0 bridgehead atoms. The predicted molar refractivity (Wildman–Crippen MR) is 85.5 cm³/mol. The minimum absolute atomic E-state index is 0.113. The van der Waals surface area contributed by atoms with Crippen LogP contribution in [-0.4, -0.2) is 30.2 Å². The van der Waals surface area contributed by atoms with E-state index in [-0.39, 0.29) is 11.8 Å². The summed E-state index contributed by atoms with van der Waals surface area (Å²) in [5.41, 5.74) is 11.5. The molecule has 0 fully saturated rings. The highest BCUT2D eigenvalue weighted by molar-refractivity contribution is 5.89. The largest absolute Gasteiger partial charge is 0.465 e. The van der Waals surface area contributed by atoms with E-state index in [2.05, 4.69) is 19.9 Å². The van der Waals surface area contributed by atoms with Crippen molar-refractivity contribution in [1.29, 1.82) is 0 Å². The van der Waals surface area contributed by atoms with Crippen LogP contribution < -0.4 is 16.2 Å². The minimum atomic E-state index is -0.455. The van der Waals surface area contributed by atoms with Crippen LogP contribution in [0.15, 0.2) is 52.8 Å². The quantitative estimate of drug-likeness (QED) is 0.370. The first-order valence-electron chi connectivity index (χ1n) is 6.53.